The van der Waals surface area contributed by atoms with Crippen molar-refractivity contribution in [3.05, 3.63) is 30.7 Å². The number of imidazole rings is 1. The zero-order valence-corrected chi connectivity index (χ0v) is 10.5. The van der Waals surface area contributed by atoms with Crippen LogP contribution in [0.15, 0.2) is 30.7 Å². The molecule has 0 radical (unpaired) electrons. The Morgan fingerprint density at radius 2 is 2.39 bits per heavy atom. The van der Waals surface area contributed by atoms with Crippen LogP contribution in [0.3, 0.4) is 0 Å². The molecule has 1 aliphatic rings. The number of pyridine rings is 1. The van der Waals surface area contributed by atoms with Gasteiger partial charge < -0.3 is 14.5 Å². The molecule has 2 aromatic rings. The van der Waals surface area contributed by atoms with Crippen molar-refractivity contribution in [1.29, 1.82) is 0 Å². The summed E-state index contributed by atoms with van der Waals surface area (Å²) in [4.78, 5) is 4.31. The minimum Gasteiger partial charge on any atom is -0.490 e. The predicted octanol–water partition coefficient (Wildman–Crippen LogP) is 2.25. The molecule has 0 bridgehead atoms. The Morgan fingerprint density at radius 1 is 1.39 bits per heavy atom. The molecule has 96 valence electrons. The molecule has 3 heterocycles. The molecule has 1 saturated heterocycles. The van der Waals surface area contributed by atoms with Gasteiger partial charge in [0.25, 0.3) is 0 Å². The van der Waals surface area contributed by atoms with Crippen molar-refractivity contribution in [2.24, 2.45) is 0 Å². The van der Waals surface area contributed by atoms with Crippen molar-refractivity contribution in [2.45, 2.75) is 31.7 Å². The summed E-state index contributed by atoms with van der Waals surface area (Å²) in [6.07, 6.45) is 10.7. The third kappa shape index (κ3) is 2.48. The van der Waals surface area contributed by atoms with Gasteiger partial charge in [0.1, 0.15) is 0 Å². The highest BCUT2D eigenvalue weighted by molar-refractivity contribution is 5.53. The summed E-state index contributed by atoms with van der Waals surface area (Å²) in [6.45, 7) is 1.91. The molecule has 0 saturated carbocycles. The molecule has 0 aromatic carbocycles. The van der Waals surface area contributed by atoms with E-state index in [1.54, 1.807) is 6.20 Å². The Bertz CT molecular complexity index is 502. The molecular weight excluding hydrogens is 226 g/mol. The molecule has 1 unspecified atom stereocenters. The summed E-state index contributed by atoms with van der Waals surface area (Å²) in [5.74, 6) is 0.873. The molecule has 1 aliphatic heterocycles. The van der Waals surface area contributed by atoms with Crippen molar-refractivity contribution in [2.75, 3.05) is 13.2 Å². The Morgan fingerprint density at radius 3 is 3.28 bits per heavy atom. The summed E-state index contributed by atoms with van der Waals surface area (Å²) in [5, 5.41) is 3.54. The zero-order chi connectivity index (χ0) is 12.2. The van der Waals surface area contributed by atoms with Crippen molar-refractivity contribution in [1.82, 2.24) is 14.7 Å². The number of nitrogens with zero attached hydrogens (tertiary/aromatic N) is 2. The number of nitrogens with one attached hydrogen (secondary N) is 1. The first-order valence-electron chi connectivity index (χ1n) is 6.71. The lowest BCUT2D eigenvalue weighted by atomic mass is 10.0. The summed E-state index contributed by atoms with van der Waals surface area (Å²) in [6, 6.07) is 4.60. The van der Waals surface area contributed by atoms with E-state index in [0.29, 0.717) is 6.04 Å². The van der Waals surface area contributed by atoms with Crippen LogP contribution >= 0.6 is 0 Å². The van der Waals surface area contributed by atoms with E-state index in [-0.39, 0.29) is 0 Å². The van der Waals surface area contributed by atoms with E-state index in [9.17, 15) is 0 Å². The maximum atomic E-state index is 5.86. The van der Waals surface area contributed by atoms with Crippen LogP contribution in [0.1, 0.15) is 25.7 Å². The van der Waals surface area contributed by atoms with E-state index in [1.165, 1.54) is 19.3 Å². The van der Waals surface area contributed by atoms with Crippen LogP contribution in [0, 0.1) is 0 Å². The van der Waals surface area contributed by atoms with E-state index in [1.807, 2.05) is 28.9 Å². The van der Waals surface area contributed by atoms with Crippen LogP contribution < -0.4 is 10.1 Å². The van der Waals surface area contributed by atoms with Gasteiger partial charge in [-0.2, -0.15) is 0 Å². The number of piperidine rings is 1. The maximum absolute atomic E-state index is 5.86. The van der Waals surface area contributed by atoms with Gasteiger partial charge >= 0.3 is 0 Å². The zero-order valence-electron chi connectivity index (χ0n) is 10.5. The SMILES string of the molecule is c1cc(OCCC2CCCCN2)c2nccn2c1. The minimum absolute atomic E-state index is 0.623. The van der Waals surface area contributed by atoms with Gasteiger partial charge in [-0.15, -0.1) is 0 Å². The first-order valence-corrected chi connectivity index (χ1v) is 6.71. The van der Waals surface area contributed by atoms with E-state index in [0.717, 1.165) is 31.0 Å². The van der Waals surface area contributed by atoms with Crippen LogP contribution in [-0.2, 0) is 0 Å². The number of ether oxygens (including phenoxy) is 1. The Labute approximate surface area is 107 Å². The monoisotopic (exact) mass is 245 g/mol. The van der Waals surface area contributed by atoms with Gasteiger partial charge in [-0.05, 0) is 37.9 Å². The summed E-state index contributed by atoms with van der Waals surface area (Å²) < 4.78 is 7.84. The largest absolute Gasteiger partial charge is 0.490 e. The van der Waals surface area contributed by atoms with Crippen LogP contribution in [-0.4, -0.2) is 28.6 Å². The van der Waals surface area contributed by atoms with Gasteiger partial charge in [0.15, 0.2) is 11.4 Å². The number of hydrogen-bond donors (Lipinski definition) is 1. The fourth-order valence-corrected chi connectivity index (χ4v) is 2.52. The smallest absolute Gasteiger partial charge is 0.179 e. The van der Waals surface area contributed by atoms with Crippen molar-refractivity contribution in [3.8, 4) is 5.75 Å². The molecule has 0 spiro atoms. The first-order chi connectivity index (χ1) is 8.93. The van der Waals surface area contributed by atoms with Gasteiger partial charge in [0, 0.05) is 24.6 Å². The molecule has 0 amide bonds. The normalized spacial score (nSPS) is 20.1. The predicted molar refractivity (Wildman–Crippen MR) is 70.9 cm³/mol. The molecule has 18 heavy (non-hydrogen) atoms. The third-order valence-electron chi connectivity index (χ3n) is 3.52. The fourth-order valence-electron chi connectivity index (χ4n) is 2.52. The molecule has 1 fully saturated rings. The lowest BCUT2D eigenvalue weighted by molar-refractivity contribution is 0.269. The molecule has 3 rings (SSSR count). The number of hydrogen-bond acceptors (Lipinski definition) is 3. The van der Waals surface area contributed by atoms with Crippen LogP contribution in [0.5, 0.6) is 5.75 Å². The van der Waals surface area contributed by atoms with Gasteiger partial charge in [-0.3, -0.25) is 0 Å². The first kappa shape index (κ1) is 11.5. The molecule has 4 nitrogen and oxygen atoms in total. The molecule has 1 atom stereocenters. The van der Waals surface area contributed by atoms with Gasteiger partial charge in [0.2, 0.25) is 0 Å². The summed E-state index contributed by atoms with van der Waals surface area (Å²) >= 11 is 0. The van der Waals surface area contributed by atoms with Crippen molar-refractivity contribution < 1.29 is 4.74 Å². The van der Waals surface area contributed by atoms with E-state index >= 15 is 0 Å². The van der Waals surface area contributed by atoms with Crippen LogP contribution in [0.2, 0.25) is 0 Å². The van der Waals surface area contributed by atoms with Gasteiger partial charge in [0.05, 0.1) is 6.61 Å². The topological polar surface area (TPSA) is 38.6 Å². The quantitative estimate of drug-likeness (QED) is 0.898. The van der Waals surface area contributed by atoms with Crippen LogP contribution in [0.4, 0.5) is 0 Å². The molecule has 4 heteroatoms. The second-order valence-electron chi connectivity index (χ2n) is 4.81. The number of rotatable bonds is 4. The lowest BCUT2D eigenvalue weighted by Crippen LogP contribution is -2.35. The maximum Gasteiger partial charge on any atom is 0.179 e. The van der Waals surface area contributed by atoms with E-state index in [4.69, 9.17) is 4.74 Å². The van der Waals surface area contributed by atoms with Crippen molar-refractivity contribution in [3.63, 3.8) is 0 Å². The molecule has 2 aromatic heterocycles. The molecule has 1 N–H and O–H groups in total. The third-order valence-corrected chi connectivity index (χ3v) is 3.52. The van der Waals surface area contributed by atoms with Crippen molar-refractivity contribution >= 4 is 5.65 Å². The highest BCUT2D eigenvalue weighted by atomic mass is 16.5. The van der Waals surface area contributed by atoms with E-state index in [2.05, 4.69) is 10.3 Å². The number of aromatic nitrogens is 2. The molecule has 0 aliphatic carbocycles. The summed E-state index contributed by atoms with van der Waals surface area (Å²) in [7, 11) is 0. The lowest BCUT2D eigenvalue weighted by Gasteiger charge is -2.23. The second-order valence-corrected chi connectivity index (χ2v) is 4.81. The number of fused-ring (bicyclic) bond motifs is 1. The van der Waals surface area contributed by atoms with Gasteiger partial charge in [-0.1, -0.05) is 6.42 Å². The Kier molecular flexibility index (Phi) is 3.46. The fraction of sp³-hybridized carbons (Fsp3) is 0.500. The van der Waals surface area contributed by atoms with Gasteiger partial charge in [-0.25, -0.2) is 4.98 Å². The second kappa shape index (κ2) is 5.40. The van der Waals surface area contributed by atoms with Crippen LogP contribution in [0.25, 0.3) is 5.65 Å². The Hall–Kier alpha value is -1.55. The van der Waals surface area contributed by atoms with E-state index < -0.39 is 0 Å². The highest BCUT2D eigenvalue weighted by Crippen LogP contribution is 2.18. The average Bonchev–Trinajstić information content (AvgIpc) is 2.89. The highest BCUT2D eigenvalue weighted by Gasteiger charge is 2.12. The minimum atomic E-state index is 0.623. The average molecular weight is 245 g/mol. The Balaban J connectivity index is 1.57. The summed E-state index contributed by atoms with van der Waals surface area (Å²) in [5.41, 5.74) is 0.897. The molecular formula is C14H19N3O. The standard InChI is InChI=1S/C14H19N3O/c1-2-7-15-12(4-1)6-11-18-13-5-3-9-17-10-8-16-14(13)17/h3,5,8-10,12,15H,1-2,4,6-7,11H2.